The number of nitro benzene ring substituents is 1. The van der Waals surface area contributed by atoms with Crippen LogP contribution in [0, 0.1) is 22.0 Å². The molecule has 2 saturated heterocycles. The van der Waals surface area contributed by atoms with E-state index in [1.54, 1.807) is 18.2 Å². The van der Waals surface area contributed by atoms with E-state index in [0.29, 0.717) is 38.2 Å². The van der Waals surface area contributed by atoms with Gasteiger partial charge < -0.3 is 14.9 Å². The Morgan fingerprint density at radius 3 is 2.54 bits per heavy atom. The molecule has 0 saturated carbocycles. The summed E-state index contributed by atoms with van der Waals surface area (Å²) in [5.41, 5.74) is 0.752. The fourth-order valence-corrected chi connectivity index (χ4v) is 3.69. The predicted molar refractivity (Wildman–Crippen MR) is 89.8 cm³/mol. The van der Waals surface area contributed by atoms with E-state index in [0.717, 1.165) is 13.0 Å². The topological polar surface area (TPSA) is 86.9 Å². The number of carbonyl (C=O) groups excluding carboxylic acids is 1. The summed E-state index contributed by atoms with van der Waals surface area (Å²) < 4.78 is 0. The zero-order chi connectivity index (χ0) is 17.1. The van der Waals surface area contributed by atoms with Crippen LogP contribution in [-0.4, -0.2) is 53.6 Å². The Morgan fingerprint density at radius 2 is 1.92 bits per heavy atom. The summed E-state index contributed by atoms with van der Waals surface area (Å²) >= 11 is 0. The summed E-state index contributed by atoms with van der Waals surface area (Å²) in [4.78, 5) is 27.3. The number of carbonyl (C=O) groups is 1. The van der Waals surface area contributed by atoms with Crippen LogP contribution in [0.1, 0.15) is 19.3 Å². The first-order chi connectivity index (χ1) is 11.6. The summed E-state index contributed by atoms with van der Waals surface area (Å²) in [7, 11) is 0. The lowest BCUT2D eigenvalue weighted by Gasteiger charge is -2.34. The van der Waals surface area contributed by atoms with Crippen molar-refractivity contribution in [3.05, 3.63) is 34.4 Å². The number of benzene rings is 1. The van der Waals surface area contributed by atoms with Crippen molar-refractivity contribution < 1.29 is 14.8 Å². The fraction of sp³-hybridized carbons (Fsp3) is 0.588. The minimum Gasteiger partial charge on any atom is -0.396 e. The first-order valence-electron chi connectivity index (χ1n) is 8.48. The van der Waals surface area contributed by atoms with Gasteiger partial charge >= 0.3 is 0 Å². The molecule has 0 bridgehead atoms. The highest BCUT2D eigenvalue weighted by molar-refractivity contribution is 5.79. The normalized spacial score (nSPS) is 22.0. The SMILES string of the molecule is O=C(C1CCN(c2ccccc2[N+](=O)[O-])CC1)N1CCC(CO)C1. The summed E-state index contributed by atoms with van der Waals surface area (Å²) in [5.74, 6) is 0.371. The van der Waals surface area contributed by atoms with E-state index in [9.17, 15) is 20.0 Å². The van der Waals surface area contributed by atoms with Crippen molar-refractivity contribution >= 4 is 17.3 Å². The van der Waals surface area contributed by atoms with Crippen LogP contribution in [0.15, 0.2) is 24.3 Å². The first-order valence-corrected chi connectivity index (χ1v) is 8.48. The van der Waals surface area contributed by atoms with E-state index in [-0.39, 0.29) is 35.0 Å². The maximum absolute atomic E-state index is 12.6. The third-order valence-corrected chi connectivity index (χ3v) is 5.12. The van der Waals surface area contributed by atoms with E-state index in [2.05, 4.69) is 0 Å². The number of piperidine rings is 1. The number of aliphatic hydroxyl groups excluding tert-OH is 1. The summed E-state index contributed by atoms with van der Waals surface area (Å²) in [5, 5.41) is 20.4. The molecule has 7 nitrogen and oxygen atoms in total. The van der Waals surface area contributed by atoms with Crippen LogP contribution < -0.4 is 4.90 Å². The Kier molecular flexibility index (Phi) is 4.99. The Labute approximate surface area is 141 Å². The third kappa shape index (κ3) is 3.36. The number of likely N-dealkylation sites (tertiary alicyclic amines) is 1. The van der Waals surface area contributed by atoms with Gasteiger partial charge in [-0.2, -0.15) is 0 Å². The van der Waals surface area contributed by atoms with Crippen LogP contribution in [0.25, 0.3) is 0 Å². The molecule has 1 aromatic carbocycles. The molecule has 1 aromatic rings. The number of amides is 1. The first kappa shape index (κ1) is 16.7. The molecule has 3 rings (SSSR count). The fourth-order valence-electron chi connectivity index (χ4n) is 3.69. The van der Waals surface area contributed by atoms with Crippen molar-refractivity contribution in [1.82, 2.24) is 4.90 Å². The minimum absolute atomic E-state index is 0.0125. The van der Waals surface area contributed by atoms with Gasteiger partial charge in [-0.15, -0.1) is 0 Å². The van der Waals surface area contributed by atoms with Crippen LogP contribution in [0.2, 0.25) is 0 Å². The molecule has 7 heteroatoms. The van der Waals surface area contributed by atoms with Crippen LogP contribution in [-0.2, 0) is 4.79 Å². The lowest BCUT2D eigenvalue weighted by molar-refractivity contribution is -0.384. The number of rotatable bonds is 4. The van der Waals surface area contributed by atoms with E-state index in [1.165, 1.54) is 6.07 Å². The number of aliphatic hydroxyl groups is 1. The monoisotopic (exact) mass is 333 g/mol. The standard InChI is InChI=1S/C17H23N3O4/c21-12-13-5-8-19(11-13)17(22)14-6-9-18(10-7-14)15-3-1-2-4-16(15)20(23)24/h1-4,13-14,21H,5-12H2. The maximum atomic E-state index is 12.6. The number of anilines is 1. The van der Waals surface area contributed by atoms with Gasteiger partial charge in [-0.3, -0.25) is 14.9 Å². The minimum atomic E-state index is -0.355. The molecule has 130 valence electrons. The smallest absolute Gasteiger partial charge is 0.292 e. The predicted octanol–water partition coefficient (Wildman–Crippen LogP) is 1.65. The second-order valence-electron chi connectivity index (χ2n) is 6.63. The summed E-state index contributed by atoms with van der Waals surface area (Å²) in [6.07, 6.45) is 2.30. The molecule has 1 unspecified atom stereocenters. The molecule has 0 aliphatic carbocycles. The molecule has 2 heterocycles. The van der Waals surface area contributed by atoms with E-state index < -0.39 is 0 Å². The lowest BCUT2D eigenvalue weighted by Crippen LogP contribution is -2.42. The van der Waals surface area contributed by atoms with Crippen molar-refractivity contribution in [3.63, 3.8) is 0 Å². The van der Waals surface area contributed by atoms with Gasteiger partial charge in [-0.1, -0.05) is 12.1 Å². The van der Waals surface area contributed by atoms with Gasteiger partial charge in [0, 0.05) is 50.7 Å². The van der Waals surface area contributed by atoms with Gasteiger partial charge in [0.25, 0.3) is 5.69 Å². The molecule has 2 aliphatic heterocycles. The molecule has 0 aromatic heterocycles. The number of para-hydroxylation sites is 2. The van der Waals surface area contributed by atoms with Crippen LogP contribution >= 0.6 is 0 Å². The molecule has 0 spiro atoms. The van der Waals surface area contributed by atoms with Gasteiger partial charge in [0.05, 0.1) is 4.92 Å². The second-order valence-corrected chi connectivity index (χ2v) is 6.63. The second kappa shape index (κ2) is 7.17. The zero-order valence-corrected chi connectivity index (χ0v) is 13.6. The Bertz CT molecular complexity index is 614. The van der Waals surface area contributed by atoms with Crippen LogP contribution in [0.3, 0.4) is 0 Å². The average Bonchev–Trinajstić information content (AvgIpc) is 3.10. The molecule has 1 N–H and O–H groups in total. The van der Waals surface area contributed by atoms with Crippen molar-refractivity contribution in [2.24, 2.45) is 11.8 Å². The van der Waals surface area contributed by atoms with E-state index >= 15 is 0 Å². The van der Waals surface area contributed by atoms with Crippen molar-refractivity contribution in [2.45, 2.75) is 19.3 Å². The van der Waals surface area contributed by atoms with Gasteiger partial charge in [0.15, 0.2) is 0 Å². The van der Waals surface area contributed by atoms with Crippen molar-refractivity contribution in [1.29, 1.82) is 0 Å². The van der Waals surface area contributed by atoms with Gasteiger partial charge in [-0.25, -0.2) is 0 Å². The molecule has 1 atom stereocenters. The molecular weight excluding hydrogens is 310 g/mol. The maximum Gasteiger partial charge on any atom is 0.292 e. The van der Waals surface area contributed by atoms with E-state index in [1.807, 2.05) is 9.80 Å². The molecule has 0 radical (unpaired) electrons. The van der Waals surface area contributed by atoms with E-state index in [4.69, 9.17) is 0 Å². The highest BCUT2D eigenvalue weighted by Crippen LogP contribution is 2.32. The summed E-state index contributed by atoms with van der Waals surface area (Å²) in [6.45, 7) is 2.82. The molecule has 2 aliphatic rings. The number of hydrogen-bond acceptors (Lipinski definition) is 5. The lowest BCUT2D eigenvalue weighted by atomic mass is 9.94. The number of nitrogens with zero attached hydrogens (tertiary/aromatic N) is 3. The molecule has 1 amide bonds. The highest BCUT2D eigenvalue weighted by atomic mass is 16.6. The van der Waals surface area contributed by atoms with Gasteiger partial charge in [-0.05, 0) is 25.3 Å². The van der Waals surface area contributed by atoms with Crippen molar-refractivity contribution in [2.75, 3.05) is 37.7 Å². The Morgan fingerprint density at radius 1 is 1.21 bits per heavy atom. The zero-order valence-electron chi connectivity index (χ0n) is 13.6. The van der Waals surface area contributed by atoms with Gasteiger partial charge in [0.2, 0.25) is 5.91 Å². The molecule has 24 heavy (non-hydrogen) atoms. The summed E-state index contributed by atoms with van der Waals surface area (Å²) in [6, 6.07) is 6.76. The third-order valence-electron chi connectivity index (χ3n) is 5.12. The van der Waals surface area contributed by atoms with Crippen molar-refractivity contribution in [3.8, 4) is 0 Å². The van der Waals surface area contributed by atoms with Crippen LogP contribution in [0.4, 0.5) is 11.4 Å². The Hall–Kier alpha value is -2.15. The molecular formula is C17H23N3O4. The van der Waals surface area contributed by atoms with Crippen LogP contribution in [0.5, 0.6) is 0 Å². The number of nitro groups is 1. The number of hydrogen-bond donors (Lipinski definition) is 1. The quantitative estimate of drug-likeness (QED) is 0.669. The largest absolute Gasteiger partial charge is 0.396 e. The average molecular weight is 333 g/mol. The Balaban J connectivity index is 1.60. The highest BCUT2D eigenvalue weighted by Gasteiger charge is 2.33. The molecule has 2 fully saturated rings. The van der Waals surface area contributed by atoms with Gasteiger partial charge in [0.1, 0.15) is 5.69 Å².